The lowest BCUT2D eigenvalue weighted by atomic mass is 9.66. The van der Waals surface area contributed by atoms with Crippen LogP contribution >= 0.6 is 0 Å². The zero-order valence-corrected chi connectivity index (χ0v) is 11.9. The lowest BCUT2D eigenvalue weighted by molar-refractivity contribution is 0.104. The maximum Gasteiger partial charge on any atom is 0.0149 e. The van der Waals surface area contributed by atoms with Crippen LogP contribution in [0.15, 0.2) is 0 Å². The van der Waals surface area contributed by atoms with Crippen molar-refractivity contribution < 1.29 is 0 Å². The van der Waals surface area contributed by atoms with E-state index in [1.54, 1.807) is 0 Å². The molecular formula is C16H31N. The minimum atomic E-state index is 0.600. The van der Waals surface area contributed by atoms with Crippen molar-refractivity contribution in [2.75, 3.05) is 6.54 Å². The summed E-state index contributed by atoms with van der Waals surface area (Å²) in [6.07, 6.45) is 14.5. The average molecular weight is 237 g/mol. The second-order valence-corrected chi connectivity index (χ2v) is 6.69. The van der Waals surface area contributed by atoms with Crippen LogP contribution in [0.25, 0.3) is 0 Å². The third kappa shape index (κ3) is 3.24. The van der Waals surface area contributed by atoms with Gasteiger partial charge in [-0.05, 0) is 50.0 Å². The molecule has 2 aliphatic carbocycles. The quantitative estimate of drug-likeness (QED) is 0.741. The van der Waals surface area contributed by atoms with E-state index in [0.717, 1.165) is 12.0 Å². The monoisotopic (exact) mass is 237 g/mol. The lowest BCUT2D eigenvalue weighted by Gasteiger charge is -2.44. The van der Waals surface area contributed by atoms with Crippen molar-refractivity contribution in [3.63, 3.8) is 0 Å². The third-order valence-electron chi connectivity index (χ3n) is 5.23. The van der Waals surface area contributed by atoms with E-state index >= 15 is 0 Å². The van der Waals surface area contributed by atoms with Crippen LogP contribution in [0.2, 0.25) is 0 Å². The molecule has 0 spiro atoms. The summed E-state index contributed by atoms with van der Waals surface area (Å²) in [5.41, 5.74) is 0.600. The van der Waals surface area contributed by atoms with E-state index < -0.39 is 0 Å². The molecule has 1 heteroatoms. The van der Waals surface area contributed by atoms with E-state index in [-0.39, 0.29) is 0 Å². The van der Waals surface area contributed by atoms with E-state index in [2.05, 4.69) is 19.2 Å². The molecule has 17 heavy (non-hydrogen) atoms. The molecular weight excluding hydrogens is 206 g/mol. The van der Waals surface area contributed by atoms with Crippen LogP contribution in [0.4, 0.5) is 0 Å². The van der Waals surface area contributed by atoms with Gasteiger partial charge in [-0.15, -0.1) is 0 Å². The smallest absolute Gasteiger partial charge is 0.0149 e. The van der Waals surface area contributed by atoms with Crippen LogP contribution in [0.3, 0.4) is 0 Å². The first kappa shape index (κ1) is 13.4. The maximum atomic E-state index is 3.92. The molecule has 0 aromatic carbocycles. The van der Waals surface area contributed by atoms with Gasteiger partial charge in [-0.3, -0.25) is 0 Å². The van der Waals surface area contributed by atoms with Gasteiger partial charge < -0.3 is 5.32 Å². The molecule has 2 saturated carbocycles. The summed E-state index contributed by atoms with van der Waals surface area (Å²) in [4.78, 5) is 0. The van der Waals surface area contributed by atoms with Crippen molar-refractivity contribution in [3.05, 3.63) is 0 Å². The summed E-state index contributed by atoms with van der Waals surface area (Å²) in [6.45, 7) is 6.08. The average Bonchev–Trinajstić information content (AvgIpc) is 2.84. The highest BCUT2D eigenvalue weighted by Crippen LogP contribution is 2.44. The summed E-state index contributed by atoms with van der Waals surface area (Å²) in [6, 6.07) is 0.810. The van der Waals surface area contributed by atoms with Gasteiger partial charge in [0.05, 0.1) is 0 Å². The van der Waals surface area contributed by atoms with Crippen molar-refractivity contribution in [3.8, 4) is 0 Å². The van der Waals surface area contributed by atoms with E-state index in [1.165, 1.54) is 70.8 Å². The molecule has 0 radical (unpaired) electrons. The van der Waals surface area contributed by atoms with E-state index in [0.29, 0.717) is 5.41 Å². The first-order chi connectivity index (χ1) is 8.26. The Morgan fingerprint density at radius 1 is 1.06 bits per heavy atom. The first-order valence-electron chi connectivity index (χ1n) is 7.99. The normalized spacial score (nSPS) is 27.2. The summed E-state index contributed by atoms with van der Waals surface area (Å²) in [7, 11) is 0. The molecule has 100 valence electrons. The highest BCUT2D eigenvalue weighted by molar-refractivity contribution is 4.95. The van der Waals surface area contributed by atoms with Crippen LogP contribution < -0.4 is 5.32 Å². The van der Waals surface area contributed by atoms with Crippen molar-refractivity contribution in [2.45, 2.75) is 84.1 Å². The largest absolute Gasteiger partial charge is 0.313 e. The van der Waals surface area contributed by atoms with Gasteiger partial charge in [0, 0.05) is 6.04 Å². The van der Waals surface area contributed by atoms with Gasteiger partial charge in [-0.1, -0.05) is 46.0 Å². The molecule has 1 atom stereocenters. The van der Waals surface area contributed by atoms with Gasteiger partial charge in [-0.2, -0.15) is 0 Å². The zero-order valence-electron chi connectivity index (χ0n) is 11.9. The molecule has 1 unspecified atom stereocenters. The zero-order chi connectivity index (χ0) is 12.1. The van der Waals surface area contributed by atoms with E-state index in [9.17, 15) is 0 Å². The van der Waals surface area contributed by atoms with Crippen LogP contribution in [-0.2, 0) is 0 Å². The molecule has 1 nitrogen and oxygen atoms in total. The molecule has 2 fully saturated rings. The van der Waals surface area contributed by atoms with Gasteiger partial charge in [0.15, 0.2) is 0 Å². The second kappa shape index (κ2) is 6.22. The molecule has 0 bridgehead atoms. The molecule has 0 aromatic rings. The Balaban J connectivity index is 2.01. The second-order valence-electron chi connectivity index (χ2n) is 6.69. The van der Waals surface area contributed by atoms with Gasteiger partial charge in [-0.25, -0.2) is 0 Å². The molecule has 0 amide bonds. The predicted molar refractivity (Wildman–Crippen MR) is 75.2 cm³/mol. The Labute approximate surface area is 108 Å². The van der Waals surface area contributed by atoms with Crippen molar-refractivity contribution in [1.29, 1.82) is 0 Å². The fraction of sp³-hybridized carbons (Fsp3) is 1.00. The molecule has 0 aliphatic heterocycles. The first-order valence-corrected chi connectivity index (χ1v) is 7.99. The van der Waals surface area contributed by atoms with Gasteiger partial charge in [0.2, 0.25) is 0 Å². The van der Waals surface area contributed by atoms with Gasteiger partial charge in [0.1, 0.15) is 0 Å². The fourth-order valence-corrected chi connectivity index (χ4v) is 4.24. The summed E-state index contributed by atoms with van der Waals surface area (Å²) >= 11 is 0. The number of nitrogens with one attached hydrogen (secondary N) is 1. The Morgan fingerprint density at radius 3 is 2.29 bits per heavy atom. The van der Waals surface area contributed by atoms with E-state index in [4.69, 9.17) is 0 Å². The Kier molecular flexibility index (Phi) is 4.90. The standard InChI is InChI=1S/C16H31N/c1-3-13-17-15(14-9-5-6-10-14)16(2)11-7-4-8-12-16/h14-15,17H,3-13H2,1-2H3. The maximum absolute atomic E-state index is 3.92. The Bertz CT molecular complexity index is 212. The minimum Gasteiger partial charge on any atom is -0.313 e. The van der Waals surface area contributed by atoms with Gasteiger partial charge in [0.25, 0.3) is 0 Å². The Hall–Kier alpha value is -0.0400. The molecule has 2 aliphatic rings. The number of rotatable bonds is 5. The summed E-state index contributed by atoms with van der Waals surface area (Å²) < 4.78 is 0. The van der Waals surface area contributed by atoms with E-state index in [1.807, 2.05) is 0 Å². The van der Waals surface area contributed by atoms with Crippen LogP contribution in [0, 0.1) is 11.3 Å². The van der Waals surface area contributed by atoms with Crippen LogP contribution in [0.1, 0.15) is 78.1 Å². The van der Waals surface area contributed by atoms with Crippen molar-refractivity contribution in [2.24, 2.45) is 11.3 Å². The lowest BCUT2D eigenvalue weighted by Crippen LogP contribution is -2.49. The predicted octanol–water partition coefficient (Wildman–Crippen LogP) is 4.52. The van der Waals surface area contributed by atoms with Crippen molar-refractivity contribution in [1.82, 2.24) is 5.32 Å². The van der Waals surface area contributed by atoms with Crippen LogP contribution in [-0.4, -0.2) is 12.6 Å². The highest BCUT2D eigenvalue weighted by atomic mass is 14.9. The number of hydrogen-bond donors (Lipinski definition) is 1. The summed E-state index contributed by atoms with van der Waals surface area (Å²) in [5, 5.41) is 3.92. The number of hydrogen-bond acceptors (Lipinski definition) is 1. The van der Waals surface area contributed by atoms with Crippen LogP contribution in [0.5, 0.6) is 0 Å². The molecule has 0 saturated heterocycles. The SMILES string of the molecule is CCCNC(C1CCCC1)C1(C)CCCCC1. The van der Waals surface area contributed by atoms with Gasteiger partial charge >= 0.3 is 0 Å². The molecule has 0 heterocycles. The minimum absolute atomic E-state index is 0.600. The molecule has 2 rings (SSSR count). The summed E-state index contributed by atoms with van der Waals surface area (Å²) in [5.74, 6) is 0.977. The highest BCUT2D eigenvalue weighted by Gasteiger charge is 2.40. The molecule has 1 N–H and O–H groups in total. The topological polar surface area (TPSA) is 12.0 Å². The molecule has 0 aromatic heterocycles. The fourth-order valence-electron chi connectivity index (χ4n) is 4.24. The third-order valence-corrected chi connectivity index (χ3v) is 5.23. The van der Waals surface area contributed by atoms with Crippen molar-refractivity contribution >= 4 is 0 Å². The Morgan fingerprint density at radius 2 is 1.71 bits per heavy atom.